The molecule has 1 aromatic carbocycles. The van der Waals surface area contributed by atoms with E-state index < -0.39 is 0 Å². The van der Waals surface area contributed by atoms with E-state index in [1.807, 2.05) is 18.2 Å². The average molecular weight is 295 g/mol. The summed E-state index contributed by atoms with van der Waals surface area (Å²) in [6.07, 6.45) is 2.04. The first kappa shape index (κ1) is 16.1. The van der Waals surface area contributed by atoms with Crippen LogP contribution in [0, 0.1) is 0 Å². The van der Waals surface area contributed by atoms with E-state index in [1.54, 1.807) is 14.2 Å². The summed E-state index contributed by atoms with van der Waals surface area (Å²) in [5, 5.41) is 19.1. The van der Waals surface area contributed by atoms with E-state index in [1.165, 1.54) is 5.56 Å². The monoisotopic (exact) mass is 295 g/mol. The highest BCUT2D eigenvalue weighted by molar-refractivity contribution is 5.42. The molecule has 2 rings (SSSR count). The predicted molar refractivity (Wildman–Crippen MR) is 80.9 cm³/mol. The Kier molecular flexibility index (Phi) is 5.85. The van der Waals surface area contributed by atoms with Crippen LogP contribution in [0.25, 0.3) is 0 Å². The van der Waals surface area contributed by atoms with Gasteiger partial charge in [-0.3, -0.25) is 4.90 Å². The average Bonchev–Trinajstić information content (AvgIpc) is 2.53. The minimum Gasteiger partial charge on any atom is -0.493 e. The third kappa shape index (κ3) is 4.09. The highest BCUT2D eigenvalue weighted by Gasteiger charge is 2.26. The van der Waals surface area contributed by atoms with E-state index in [4.69, 9.17) is 9.47 Å². The number of piperidine rings is 1. The maximum atomic E-state index is 9.67. The number of rotatable bonds is 6. The van der Waals surface area contributed by atoms with Crippen molar-refractivity contribution >= 4 is 0 Å². The van der Waals surface area contributed by atoms with Gasteiger partial charge in [-0.05, 0) is 37.0 Å². The molecular weight excluding hydrogens is 270 g/mol. The highest BCUT2D eigenvalue weighted by atomic mass is 16.5. The van der Waals surface area contributed by atoms with Crippen molar-refractivity contribution in [3.63, 3.8) is 0 Å². The Morgan fingerprint density at radius 1 is 1.24 bits per heavy atom. The van der Waals surface area contributed by atoms with Crippen LogP contribution in [0.2, 0.25) is 0 Å². The molecule has 0 radical (unpaired) electrons. The van der Waals surface area contributed by atoms with Crippen LogP contribution < -0.4 is 9.47 Å². The van der Waals surface area contributed by atoms with E-state index in [-0.39, 0.29) is 18.8 Å². The van der Waals surface area contributed by atoms with E-state index in [0.29, 0.717) is 6.42 Å². The fraction of sp³-hybridized carbons (Fsp3) is 0.625. The standard InChI is InChI=1S/C16H25NO4/c1-20-15-4-3-12(9-16(15)21-2)5-7-17-8-6-14(19)10-13(17)11-18/h3-4,9,13-14,18-19H,5-8,10-11H2,1-2H3. The van der Waals surface area contributed by atoms with Crippen molar-refractivity contribution in [2.45, 2.75) is 31.4 Å². The predicted octanol–water partition coefficient (Wildman–Crippen LogP) is 1.06. The minimum atomic E-state index is -0.278. The maximum Gasteiger partial charge on any atom is 0.160 e. The number of hydrogen-bond acceptors (Lipinski definition) is 5. The van der Waals surface area contributed by atoms with E-state index >= 15 is 0 Å². The summed E-state index contributed by atoms with van der Waals surface area (Å²) in [5.74, 6) is 1.47. The van der Waals surface area contributed by atoms with Crippen molar-refractivity contribution in [1.82, 2.24) is 4.90 Å². The van der Waals surface area contributed by atoms with Gasteiger partial charge in [-0.1, -0.05) is 6.07 Å². The van der Waals surface area contributed by atoms with Gasteiger partial charge in [0, 0.05) is 19.1 Å². The van der Waals surface area contributed by atoms with Crippen molar-refractivity contribution in [2.24, 2.45) is 0 Å². The molecule has 5 nitrogen and oxygen atoms in total. The highest BCUT2D eigenvalue weighted by Crippen LogP contribution is 2.28. The molecule has 1 heterocycles. The Morgan fingerprint density at radius 2 is 2.00 bits per heavy atom. The molecule has 118 valence electrons. The van der Waals surface area contributed by atoms with Crippen LogP contribution >= 0.6 is 0 Å². The molecule has 0 aromatic heterocycles. The van der Waals surface area contributed by atoms with Gasteiger partial charge >= 0.3 is 0 Å². The Labute approximate surface area is 126 Å². The molecule has 2 atom stereocenters. The molecule has 1 aliphatic rings. The van der Waals surface area contributed by atoms with Crippen LogP contribution in [0.4, 0.5) is 0 Å². The lowest BCUT2D eigenvalue weighted by atomic mass is 9.99. The second kappa shape index (κ2) is 7.64. The summed E-state index contributed by atoms with van der Waals surface area (Å²) in [6.45, 7) is 1.80. The van der Waals surface area contributed by atoms with Crippen molar-refractivity contribution in [3.05, 3.63) is 23.8 Å². The van der Waals surface area contributed by atoms with Gasteiger partial charge in [0.2, 0.25) is 0 Å². The first-order chi connectivity index (χ1) is 10.2. The molecule has 21 heavy (non-hydrogen) atoms. The van der Waals surface area contributed by atoms with Crippen molar-refractivity contribution in [1.29, 1.82) is 0 Å². The number of ether oxygens (including phenoxy) is 2. The van der Waals surface area contributed by atoms with Crippen LogP contribution in [0.5, 0.6) is 11.5 Å². The van der Waals surface area contributed by atoms with Gasteiger partial charge in [-0.25, -0.2) is 0 Å². The third-order valence-electron chi connectivity index (χ3n) is 4.16. The molecule has 0 spiro atoms. The fourth-order valence-electron chi connectivity index (χ4n) is 2.87. The molecule has 1 aliphatic heterocycles. The molecular formula is C16H25NO4. The van der Waals surface area contributed by atoms with Gasteiger partial charge in [0.25, 0.3) is 0 Å². The Balaban J connectivity index is 1.96. The van der Waals surface area contributed by atoms with Crippen LogP contribution in [-0.2, 0) is 6.42 Å². The van der Waals surface area contributed by atoms with E-state index in [2.05, 4.69) is 4.90 Å². The molecule has 0 bridgehead atoms. The summed E-state index contributed by atoms with van der Waals surface area (Å²) in [6, 6.07) is 6.01. The van der Waals surface area contributed by atoms with E-state index in [9.17, 15) is 10.2 Å². The quantitative estimate of drug-likeness (QED) is 0.822. The van der Waals surface area contributed by atoms with Crippen molar-refractivity contribution in [2.75, 3.05) is 33.9 Å². The van der Waals surface area contributed by atoms with Crippen LogP contribution in [0.15, 0.2) is 18.2 Å². The maximum absolute atomic E-state index is 9.67. The Hall–Kier alpha value is -1.30. The lowest BCUT2D eigenvalue weighted by Gasteiger charge is -2.36. The molecule has 0 amide bonds. The van der Waals surface area contributed by atoms with E-state index in [0.717, 1.165) is 37.4 Å². The van der Waals surface area contributed by atoms with Gasteiger partial charge in [0.15, 0.2) is 11.5 Å². The lowest BCUT2D eigenvalue weighted by molar-refractivity contribution is 0.0177. The first-order valence-corrected chi connectivity index (χ1v) is 7.41. The molecule has 5 heteroatoms. The Bertz CT molecular complexity index is 452. The second-order valence-corrected chi connectivity index (χ2v) is 5.49. The van der Waals surface area contributed by atoms with Gasteiger partial charge < -0.3 is 19.7 Å². The zero-order chi connectivity index (χ0) is 15.2. The summed E-state index contributed by atoms with van der Waals surface area (Å²) in [5.41, 5.74) is 1.18. The molecule has 0 aliphatic carbocycles. The fourth-order valence-corrected chi connectivity index (χ4v) is 2.87. The van der Waals surface area contributed by atoms with Gasteiger partial charge in [-0.15, -0.1) is 0 Å². The molecule has 0 saturated carbocycles. The second-order valence-electron chi connectivity index (χ2n) is 5.49. The zero-order valence-corrected chi connectivity index (χ0v) is 12.8. The van der Waals surface area contributed by atoms with Gasteiger partial charge in [0.05, 0.1) is 26.9 Å². The van der Waals surface area contributed by atoms with Crippen molar-refractivity contribution in [3.8, 4) is 11.5 Å². The van der Waals surface area contributed by atoms with Crippen LogP contribution in [0.3, 0.4) is 0 Å². The topological polar surface area (TPSA) is 62.2 Å². The number of methoxy groups -OCH3 is 2. The summed E-state index contributed by atoms with van der Waals surface area (Å²) >= 11 is 0. The lowest BCUT2D eigenvalue weighted by Crippen LogP contribution is -2.47. The first-order valence-electron chi connectivity index (χ1n) is 7.41. The summed E-state index contributed by atoms with van der Waals surface area (Å²) in [4.78, 5) is 2.25. The summed E-state index contributed by atoms with van der Waals surface area (Å²) in [7, 11) is 3.26. The molecule has 1 fully saturated rings. The number of aliphatic hydroxyl groups is 2. The van der Waals surface area contributed by atoms with Crippen molar-refractivity contribution < 1.29 is 19.7 Å². The largest absolute Gasteiger partial charge is 0.493 e. The van der Waals surface area contributed by atoms with Crippen LogP contribution in [-0.4, -0.2) is 61.2 Å². The molecule has 2 N–H and O–H groups in total. The molecule has 1 saturated heterocycles. The zero-order valence-electron chi connectivity index (χ0n) is 12.8. The number of benzene rings is 1. The molecule has 1 aromatic rings. The normalized spacial score (nSPS) is 23.0. The van der Waals surface area contributed by atoms with Crippen LogP contribution in [0.1, 0.15) is 18.4 Å². The summed E-state index contributed by atoms with van der Waals surface area (Å²) < 4.78 is 10.5. The third-order valence-corrected chi connectivity index (χ3v) is 4.16. The number of nitrogens with zero attached hydrogens (tertiary/aromatic N) is 1. The number of aliphatic hydroxyl groups excluding tert-OH is 2. The minimum absolute atomic E-state index is 0.0638. The number of hydrogen-bond donors (Lipinski definition) is 2. The SMILES string of the molecule is COc1ccc(CCN2CCC(O)CC2CO)cc1OC. The van der Waals surface area contributed by atoms with Gasteiger partial charge in [-0.2, -0.15) is 0 Å². The Morgan fingerprint density at radius 3 is 2.67 bits per heavy atom. The van der Waals surface area contributed by atoms with Gasteiger partial charge in [0.1, 0.15) is 0 Å². The smallest absolute Gasteiger partial charge is 0.160 e. The number of likely N-dealkylation sites (tertiary alicyclic amines) is 1. The molecule has 2 unspecified atom stereocenters.